The highest BCUT2D eigenvalue weighted by Crippen LogP contribution is 2.08. The van der Waals surface area contributed by atoms with E-state index in [9.17, 15) is 4.79 Å². The molecule has 1 aromatic heterocycles. The van der Waals surface area contributed by atoms with Gasteiger partial charge in [0, 0.05) is 18.3 Å². The number of furan rings is 1. The molecular formula is C16H17NO2. The first-order valence-corrected chi connectivity index (χ1v) is 6.22. The zero-order valence-electron chi connectivity index (χ0n) is 11.1. The third-order valence-electron chi connectivity index (χ3n) is 2.74. The fourth-order valence-electron chi connectivity index (χ4n) is 1.72. The Balaban J connectivity index is 1.94. The average Bonchev–Trinajstić information content (AvgIpc) is 2.84. The summed E-state index contributed by atoms with van der Waals surface area (Å²) in [6, 6.07) is 13.5. The molecule has 2 rings (SSSR count). The molecule has 0 aliphatic rings. The molecule has 1 heterocycles. The molecule has 0 fully saturated rings. The molecule has 1 aromatic carbocycles. The zero-order chi connectivity index (χ0) is 13.7. The average molecular weight is 255 g/mol. The van der Waals surface area contributed by atoms with E-state index in [1.165, 1.54) is 5.56 Å². The SMILES string of the molecule is C/C(=C\C(=O)c1ccc(C)o1)NCc1ccccc1. The van der Waals surface area contributed by atoms with E-state index in [-0.39, 0.29) is 5.78 Å². The second-order valence-electron chi connectivity index (χ2n) is 4.44. The maximum Gasteiger partial charge on any atom is 0.222 e. The van der Waals surface area contributed by atoms with Gasteiger partial charge in [-0.3, -0.25) is 4.79 Å². The van der Waals surface area contributed by atoms with Crippen molar-refractivity contribution in [2.24, 2.45) is 0 Å². The topological polar surface area (TPSA) is 42.2 Å². The highest BCUT2D eigenvalue weighted by molar-refractivity contribution is 6.02. The maximum absolute atomic E-state index is 11.9. The van der Waals surface area contributed by atoms with Gasteiger partial charge in [0.1, 0.15) is 5.76 Å². The Labute approximate surface area is 112 Å². The molecule has 98 valence electrons. The van der Waals surface area contributed by atoms with Crippen molar-refractivity contribution in [3.05, 3.63) is 71.3 Å². The third kappa shape index (κ3) is 3.85. The number of hydrogen-bond acceptors (Lipinski definition) is 3. The summed E-state index contributed by atoms with van der Waals surface area (Å²) >= 11 is 0. The zero-order valence-corrected chi connectivity index (χ0v) is 11.1. The predicted octanol–water partition coefficient (Wildman–Crippen LogP) is 3.46. The van der Waals surface area contributed by atoms with Crippen molar-refractivity contribution in [3.63, 3.8) is 0 Å². The number of carbonyl (C=O) groups excluding carboxylic acids is 1. The summed E-state index contributed by atoms with van der Waals surface area (Å²) in [6.07, 6.45) is 1.56. The van der Waals surface area contributed by atoms with Crippen molar-refractivity contribution >= 4 is 5.78 Å². The van der Waals surface area contributed by atoms with E-state index in [1.807, 2.05) is 44.2 Å². The Hall–Kier alpha value is -2.29. The first-order chi connectivity index (χ1) is 9.15. The van der Waals surface area contributed by atoms with Crippen LogP contribution in [0, 0.1) is 6.92 Å². The minimum Gasteiger partial charge on any atom is -0.458 e. The van der Waals surface area contributed by atoms with Gasteiger partial charge in [-0.15, -0.1) is 0 Å². The van der Waals surface area contributed by atoms with Gasteiger partial charge in [-0.25, -0.2) is 0 Å². The van der Waals surface area contributed by atoms with Crippen LogP contribution in [-0.2, 0) is 6.54 Å². The van der Waals surface area contributed by atoms with Crippen molar-refractivity contribution in [3.8, 4) is 0 Å². The summed E-state index contributed by atoms with van der Waals surface area (Å²) in [5.41, 5.74) is 2.00. The second kappa shape index (κ2) is 6.05. The molecule has 19 heavy (non-hydrogen) atoms. The van der Waals surface area contributed by atoms with Gasteiger partial charge >= 0.3 is 0 Å². The Morgan fingerprint density at radius 3 is 2.58 bits per heavy atom. The van der Waals surface area contributed by atoms with Crippen molar-refractivity contribution in [2.45, 2.75) is 20.4 Å². The van der Waals surface area contributed by atoms with Crippen LogP contribution in [-0.4, -0.2) is 5.78 Å². The molecule has 0 saturated carbocycles. The quantitative estimate of drug-likeness (QED) is 0.657. The van der Waals surface area contributed by atoms with E-state index >= 15 is 0 Å². The number of hydrogen-bond donors (Lipinski definition) is 1. The predicted molar refractivity (Wildman–Crippen MR) is 74.8 cm³/mol. The lowest BCUT2D eigenvalue weighted by atomic mass is 10.2. The Morgan fingerprint density at radius 1 is 1.21 bits per heavy atom. The summed E-state index contributed by atoms with van der Waals surface area (Å²) in [6.45, 7) is 4.39. The largest absolute Gasteiger partial charge is 0.458 e. The molecule has 0 saturated heterocycles. The molecule has 0 radical (unpaired) electrons. The van der Waals surface area contributed by atoms with Crippen LogP contribution in [0.4, 0.5) is 0 Å². The van der Waals surface area contributed by atoms with Gasteiger partial charge in [-0.2, -0.15) is 0 Å². The smallest absolute Gasteiger partial charge is 0.222 e. The lowest BCUT2D eigenvalue weighted by Crippen LogP contribution is -2.11. The maximum atomic E-state index is 11.9. The van der Waals surface area contributed by atoms with Gasteiger partial charge in [0.2, 0.25) is 5.78 Å². The molecule has 0 atom stereocenters. The molecule has 0 bridgehead atoms. The number of aryl methyl sites for hydroxylation is 1. The number of allylic oxidation sites excluding steroid dienone is 2. The fraction of sp³-hybridized carbons (Fsp3) is 0.188. The van der Waals surface area contributed by atoms with E-state index in [1.54, 1.807) is 18.2 Å². The van der Waals surface area contributed by atoms with E-state index in [2.05, 4.69) is 5.32 Å². The highest BCUT2D eigenvalue weighted by Gasteiger charge is 2.07. The van der Waals surface area contributed by atoms with Crippen molar-refractivity contribution in [1.29, 1.82) is 0 Å². The lowest BCUT2D eigenvalue weighted by Gasteiger charge is -2.05. The van der Waals surface area contributed by atoms with Crippen LogP contribution in [0.2, 0.25) is 0 Å². The first-order valence-electron chi connectivity index (χ1n) is 6.22. The first kappa shape index (κ1) is 13.1. The lowest BCUT2D eigenvalue weighted by molar-refractivity contribution is 0.101. The van der Waals surface area contributed by atoms with E-state index in [4.69, 9.17) is 4.42 Å². The van der Waals surface area contributed by atoms with Gasteiger partial charge in [-0.05, 0) is 31.5 Å². The van der Waals surface area contributed by atoms with Gasteiger partial charge in [0.25, 0.3) is 0 Å². The van der Waals surface area contributed by atoms with Crippen LogP contribution in [0.25, 0.3) is 0 Å². The molecule has 0 unspecified atom stereocenters. The number of ketones is 1. The normalized spacial score (nSPS) is 11.4. The van der Waals surface area contributed by atoms with Crippen LogP contribution < -0.4 is 5.32 Å². The van der Waals surface area contributed by atoms with Crippen molar-refractivity contribution in [2.75, 3.05) is 0 Å². The van der Waals surface area contributed by atoms with Gasteiger partial charge in [0.15, 0.2) is 5.76 Å². The van der Waals surface area contributed by atoms with Crippen LogP contribution in [0.5, 0.6) is 0 Å². The molecule has 2 aromatic rings. The number of benzene rings is 1. The molecule has 1 N–H and O–H groups in total. The monoisotopic (exact) mass is 255 g/mol. The minimum absolute atomic E-state index is 0.119. The molecular weight excluding hydrogens is 238 g/mol. The van der Waals surface area contributed by atoms with Crippen molar-refractivity contribution in [1.82, 2.24) is 5.32 Å². The molecule has 0 aliphatic heterocycles. The number of carbonyl (C=O) groups is 1. The molecule has 3 heteroatoms. The molecule has 0 spiro atoms. The van der Waals surface area contributed by atoms with E-state index < -0.39 is 0 Å². The van der Waals surface area contributed by atoms with Gasteiger partial charge in [-0.1, -0.05) is 30.3 Å². The van der Waals surface area contributed by atoms with E-state index in [0.29, 0.717) is 12.3 Å². The van der Waals surface area contributed by atoms with Crippen LogP contribution in [0.1, 0.15) is 28.8 Å². The van der Waals surface area contributed by atoms with Crippen LogP contribution in [0.3, 0.4) is 0 Å². The van der Waals surface area contributed by atoms with Gasteiger partial charge < -0.3 is 9.73 Å². The van der Waals surface area contributed by atoms with E-state index in [0.717, 1.165) is 11.5 Å². The standard InChI is InChI=1S/C16H17NO2/c1-12(17-11-14-6-4-3-5-7-14)10-15(18)16-9-8-13(2)19-16/h3-10,17H,11H2,1-2H3/b12-10+. The summed E-state index contributed by atoms with van der Waals surface area (Å²) in [5.74, 6) is 0.996. The molecule has 0 aliphatic carbocycles. The summed E-state index contributed by atoms with van der Waals surface area (Å²) in [5, 5.41) is 3.20. The fourth-order valence-corrected chi connectivity index (χ4v) is 1.72. The van der Waals surface area contributed by atoms with Crippen molar-refractivity contribution < 1.29 is 9.21 Å². The summed E-state index contributed by atoms with van der Waals surface area (Å²) in [4.78, 5) is 11.9. The summed E-state index contributed by atoms with van der Waals surface area (Å²) < 4.78 is 5.29. The minimum atomic E-state index is -0.119. The Bertz CT molecular complexity index is 582. The molecule has 0 amide bonds. The Kier molecular flexibility index (Phi) is 4.18. The van der Waals surface area contributed by atoms with Gasteiger partial charge in [0.05, 0.1) is 0 Å². The number of nitrogens with one attached hydrogen (secondary N) is 1. The summed E-state index contributed by atoms with van der Waals surface area (Å²) in [7, 11) is 0. The highest BCUT2D eigenvalue weighted by atomic mass is 16.3. The molecule has 3 nitrogen and oxygen atoms in total. The third-order valence-corrected chi connectivity index (χ3v) is 2.74. The second-order valence-corrected chi connectivity index (χ2v) is 4.44. The van der Waals surface area contributed by atoms with Crippen LogP contribution >= 0.6 is 0 Å². The number of rotatable bonds is 5. The Morgan fingerprint density at radius 2 is 1.95 bits per heavy atom. The van der Waals surface area contributed by atoms with Crippen LogP contribution in [0.15, 0.2) is 58.7 Å².